The maximum atomic E-state index is 12.3. The van der Waals surface area contributed by atoms with Gasteiger partial charge in [-0.3, -0.25) is 4.79 Å². The summed E-state index contributed by atoms with van der Waals surface area (Å²) in [6.07, 6.45) is 3.90. The van der Waals surface area contributed by atoms with Crippen LogP contribution < -0.4 is 11.1 Å². The minimum absolute atomic E-state index is 0.0319. The van der Waals surface area contributed by atoms with Crippen LogP contribution in [-0.4, -0.2) is 30.7 Å². The minimum atomic E-state index is -0.506. The fourth-order valence-corrected chi connectivity index (χ4v) is 3.02. The van der Waals surface area contributed by atoms with Crippen LogP contribution in [0.4, 0.5) is 0 Å². The van der Waals surface area contributed by atoms with Crippen molar-refractivity contribution in [1.82, 2.24) is 5.32 Å². The lowest BCUT2D eigenvalue weighted by molar-refractivity contribution is -0.138. The summed E-state index contributed by atoms with van der Waals surface area (Å²) in [6, 6.07) is 9.53. The molecule has 0 radical (unpaired) electrons. The number of rotatable bonds is 8. The van der Waals surface area contributed by atoms with E-state index < -0.39 is 6.04 Å². The van der Waals surface area contributed by atoms with Crippen LogP contribution in [0.25, 0.3) is 0 Å². The molecule has 1 aromatic rings. The molecule has 3 N–H and O–H groups in total. The first-order chi connectivity index (χ1) is 10.9. The number of ether oxygens (including phenoxy) is 1. The molecule has 1 amide bonds. The molecule has 2 rings (SSSR count). The van der Waals surface area contributed by atoms with Crippen LogP contribution in [0.3, 0.4) is 0 Å². The van der Waals surface area contributed by atoms with Gasteiger partial charge in [0.25, 0.3) is 0 Å². The van der Waals surface area contributed by atoms with Gasteiger partial charge in [0, 0.05) is 18.1 Å². The van der Waals surface area contributed by atoms with Gasteiger partial charge in [0.2, 0.25) is 5.91 Å². The van der Waals surface area contributed by atoms with E-state index in [4.69, 9.17) is 10.5 Å². The van der Waals surface area contributed by atoms with Gasteiger partial charge in [0.05, 0.1) is 12.1 Å². The molecule has 3 atom stereocenters. The van der Waals surface area contributed by atoms with E-state index in [1.165, 1.54) is 0 Å². The smallest absolute Gasteiger partial charge is 0.237 e. The Morgan fingerprint density at radius 2 is 2.09 bits per heavy atom. The van der Waals surface area contributed by atoms with Crippen molar-refractivity contribution < 1.29 is 9.53 Å². The maximum absolute atomic E-state index is 12.3. The Morgan fingerprint density at radius 3 is 2.70 bits per heavy atom. The average molecular weight is 318 g/mol. The number of amides is 1. The zero-order chi connectivity index (χ0) is 16.9. The number of hydrogen-bond donors (Lipinski definition) is 2. The summed E-state index contributed by atoms with van der Waals surface area (Å²) in [4.78, 5) is 12.3. The predicted octanol–water partition coefficient (Wildman–Crippen LogP) is 2.66. The number of nitrogens with two attached hydrogens (primary N) is 1. The van der Waals surface area contributed by atoms with Crippen molar-refractivity contribution in [3.63, 3.8) is 0 Å². The molecule has 23 heavy (non-hydrogen) atoms. The molecule has 128 valence electrons. The van der Waals surface area contributed by atoms with E-state index in [2.05, 4.69) is 26.1 Å². The molecule has 0 heterocycles. The lowest BCUT2D eigenvalue weighted by Crippen LogP contribution is -2.63. The molecule has 2 unspecified atom stereocenters. The standard InChI is InChI=1S/C19H30N2O2/c1-4-5-11-23-17-13-16(19(17,2)3)21-18(22)15(20)12-14-9-7-6-8-10-14/h6-10,15-17H,4-5,11-13,20H2,1-3H3,(H,21,22)/t15-,16?,17?/m0/s1. The third kappa shape index (κ3) is 4.55. The molecule has 1 aromatic carbocycles. The van der Waals surface area contributed by atoms with Crippen molar-refractivity contribution in [2.75, 3.05) is 6.61 Å². The zero-order valence-corrected chi connectivity index (χ0v) is 14.5. The highest BCUT2D eigenvalue weighted by molar-refractivity contribution is 5.82. The van der Waals surface area contributed by atoms with Crippen molar-refractivity contribution in [3.8, 4) is 0 Å². The van der Waals surface area contributed by atoms with Crippen LogP contribution >= 0.6 is 0 Å². The molecule has 4 nitrogen and oxygen atoms in total. The Balaban J connectivity index is 1.79. The third-order valence-electron chi connectivity index (χ3n) is 4.95. The lowest BCUT2D eigenvalue weighted by Gasteiger charge is -2.51. The van der Waals surface area contributed by atoms with Gasteiger partial charge in [0.1, 0.15) is 0 Å². The summed E-state index contributed by atoms with van der Waals surface area (Å²) in [5, 5.41) is 3.10. The van der Waals surface area contributed by atoms with E-state index in [1.54, 1.807) is 0 Å². The molecule has 1 fully saturated rings. The Bertz CT molecular complexity index is 501. The molecular formula is C19H30N2O2. The summed E-state index contributed by atoms with van der Waals surface area (Å²) in [6.45, 7) is 7.27. The summed E-state index contributed by atoms with van der Waals surface area (Å²) < 4.78 is 5.92. The number of carbonyl (C=O) groups is 1. The van der Waals surface area contributed by atoms with Crippen molar-refractivity contribution in [2.24, 2.45) is 11.1 Å². The summed E-state index contributed by atoms with van der Waals surface area (Å²) >= 11 is 0. The molecule has 0 aromatic heterocycles. The zero-order valence-electron chi connectivity index (χ0n) is 14.5. The summed E-state index contributed by atoms with van der Waals surface area (Å²) in [5.74, 6) is -0.0704. The molecule has 1 aliphatic carbocycles. The summed E-state index contributed by atoms with van der Waals surface area (Å²) in [7, 11) is 0. The highest BCUT2D eigenvalue weighted by Gasteiger charge is 2.49. The van der Waals surface area contributed by atoms with Crippen molar-refractivity contribution in [3.05, 3.63) is 35.9 Å². The van der Waals surface area contributed by atoms with Gasteiger partial charge in [0.15, 0.2) is 0 Å². The van der Waals surface area contributed by atoms with Crippen LogP contribution in [0, 0.1) is 5.41 Å². The SMILES string of the molecule is CCCCOC1CC(NC(=O)[C@@H](N)Cc2ccccc2)C1(C)C. The second-order valence-corrected chi connectivity index (χ2v) is 7.13. The number of unbranched alkanes of at least 4 members (excludes halogenated alkanes) is 1. The Labute approximate surface area is 139 Å². The highest BCUT2D eigenvalue weighted by Crippen LogP contribution is 2.42. The topological polar surface area (TPSA) is 64.3 Å². The fraction of sp³-hybridized carbons (Fsp3) is 0.632. The van der Waals surface area contributed by atoms with Gasteiger partial charge < -0.3 is 15.8 Å². The molecule has 1 saturated carbocycles. The Hall–Kier alpha value is -1.39. The number of nitrogens with one attached hydrogen (secondary N) is 1. The molecule has 0 spiro atoms. The van der Waals surface area contributed by atoms with Gasteiger partial charge in [-0.05, 0) is 24.8 Å². The van der Waals surface area contributed by atoms with Crippen molar-refractivity contribution in [1.29, 1.82) is 0 Å². The normalized spacial score (nSPS) is 23.8. The van der Waals surface area contributed by atoms with Crippen LogP contribution in [0.2, 0.25) is 0 Å². The molecule has 4 heteroatoms. The quantitative estimate of drug-likeness (QED) is 0.724. The second kappa shape index (κ2) is 7.93. The van der Waals surface area contributed by atoms with Gasteiger partial charge >= 0.3 is 0 Å². The van der Waals surface area contributed by atoms with Gasteiger partial charge in [-0.1, -0.05) is 57.5 Å². The monoisotopic (exact) mass is 318 g/mol. The highest BCUT2D eigenvalue weighted by atomic mass is 16.5. The van der Waals surface area contributed by atoms with Crippen LogP contribution in [0.1, 0.15) is 45.6 Å². The first kappa shape index (κ1) is 18.0. The molecule has 0 aliphatic heterocycles. The molecular weight excluding hydrogens is 288 g/mol. The predicted molar refractivity (Wildman–Crippen MR) is 93.1 cm³/mol. The van der Waals surface area contributed by atoms with Crippen LogP contribution in [-0.2, 0) is 16.0 Å². The molecule has 1 aliphatic rings. The van der Waals surface area contributed by atoms with Gasteiger partial charge in [-0.2, -0.15) is 0 Å². The lowest BCUT2D eigenvalue weighted by atomic mass is 9.64. The number of benzene rings is 1. The van der Waals surface area contributed by atoms with Crippen LogP contribution in [0.5, 0.6) is 0 Å². The van der Waals surface area contributed by atoms with E-state index in [1.807, 2.05) is 30.3 Å². The summed E-state index contributed by atoms with van der Waals surface area (Å²) in [5.41, 5.74) is 7.11. The fourth-order valence-electron chi connectivity index (χ4n) is 3.02. The molecule has 0 bridgehead atoms. The van der Waals surface area contributed by atoms with E-state index in [0.717, 1.165) is 31.4 Å². The third-order valence-corrected chi connectivity index (χ3v) is 4.95. The second-order valence-electron chi connectivity index (χ2n) is 7.13. The van der Waals surface area contributed by atoms with E-state index in [0.29, 0.717) is 6.42 Å². The van der Waals surface area contributed by atoms with E-state index in [-0.39, 0.29) is 23.5 Å². The van der Waals surface area contributed by atoms with Crippen LogP contribution in [0.15, 0.2) is 30.3 Å². The Morgan fingerprint density at radius 1 is 1.39 bits per heavy atom. The van der Waals surface area contributed by atoms with Gasteiger partial charge in [-0.15, -0.1) is 0 Å². The maximum Gasteiger partial charge on any atom is 0.237 e. The van der Waals surface area contributed by atoms with E-state index in [9.17, 15) is 4.79 Å². The average Bonchev–Trinajstić information content (AvgIpc) is 2.54. The number of carbonyl (C=O) groups excluding carboxylic acids is 1. The van der Waals surface area contributed by atoms with Gasteiger partial charge in [-0.25, -0.2) is 0 Å². The largest absolute Gasteiger partial charge is 0.378 e. The Kier molecular flexibility index (Phi) is 6.19. The first-order valence-electron chi connectivity index (χ1n) is 8.66. The van der Waals surface area contributed by atoms with E-state index >= 15 is 0 Å². The molecule has 0 saturated heterocycles. The first-order valence-corrected chi connectivity index (χ1v) is 8.66. The van der Waals surface area contributed by atoms with Crippen molar-refractivity contribution in [2.45, 2.75) is 64.6 Å². The van der Waals surface area contributed by atoms with Crippen molar-refractivity contribution >= 4 is 5.91 Å². The number of hydrogen-bond acceptors (Lipinski definition) is 3. The minimum Gasteiger partial charge on any atom is -0.378 e.